The first-order chi connectivity index (χ1) is 14.5. The van der Waals surface area contributed by atoms with E-state index in [0.717, 1.165) is 11.4 Å². The van der Waals surface area contributed by atoms with Gasteiger partial charge in [-0.15, -0.1) is 0 Å². The summed E-state index contributed by atoms with van der Waals surface area (Å²) in [4.78, 5) is 37.2. The fourth-order valence-electron chi connectivity index (χ4n) is 3.18. The van der Waals surface area contributed by atoms with Gasteiger partial charge in [0.05, 0.1) is 18.4 Å². The van der Waals surface area contributed by atoms with Crippen LogP contribution in [0.5, 0.6) is 0 Å². The Bertz CT molecular complexity index is 923. The highest BCUT2D eigenvalue weighted by atomic mass is 16.2. The number of guanidine groups is 1. The third kappa shape index (κ3) is 5.56. The van der Waals surface area contributed by atoms with Crippen molar-refractivity contribution in [3.63, 3.8) is 0 Å². The molecule has 1 saturated heterocycles. The molecule has 2 amide bonds. The molecule has 2 N–H and O–H groups in total. The van der Waals surface area contributed by atoms with E-state index in [1.807, 2.05) is 44.1 Å². The van der Waals surface area contributed by atoms with Crippen LogP contribution in [0.3, 0.4) is 0 Å². The van der Waals surface area contributed by atoms with Gasteiger partial charge in [-0.2, -0.15) is 5.10 Å². The number of nitrogens with one attached hydrogen (secondary N) is 2. The van der Waals surface area contributed by atoms with E-state index in [1.54, 1.807) is 21.8 Å². The number of aliphatic imine (C=N–C) groups is 1. The molecule has 0 atom stereocenters. The van der Waals surface area contributed by atoms with Crippen molar-refractivity contribution in [3.8, 4) is 0 Å². The molecule has 0 radical (unpaired) electrons. The maximum absolute atomic E-state index is 12.6. The van der Waals surface area contributed by atoms with E-state index in [-0.39, 0.29) is 24.8 Å². The molecular formula is C20H28N8O2. The molecule has 0 aliphatic carbocycles. The molecule has 1 fully saturated rings. The third-order valence-electron chi connectivity index (χ3n) is 4.61. The second kappa shape index (κ2) is 9.86. The molecule has 2 aromatic rings. The van der Waals surface area contributed by atoms with Crippen LogP contribution in [-0.4, -0.2) is 70.2 Å². The maximum Gasteiger partial charge on any atom is 0.246 e. The predicted molar refractivity (Wildman–Crippen MR) is 115 cm³/mol. The summed E-state index contributed by atoms with van der Waals surface area (Å²) >= 11 is 0. The SMILES string of the molecule is CCNC(=NCCC(=O)Nc1cccc(C)n1)N1CCN(c2cnn(C)c2)C(=O)C1. The summed E-state index contributed by atoms with van der Waals surface area (Å²) in [6.07, 6.45) is 3.75. The average molecular weight is 412 g/mol. The highest BCUT2D eigenvalue weighted by Crippen LogP contribution is 2.16. The lowest BCUT2D eigenvalue weighted by molar-refractivity contribution is -0.120. The number of rotatable bonds is 6. The summed E-state index contributed by atoms with van der Waals surface area (Å²) in [5.74, 6) is 1.01. The second-order valence-electron chi connectivity index (χ2n) is 7.04. The fourth-order valence-corrected chi connectivity index (χ4v) is 3.18. The summed E-state index contributed by atoms with van der Waals surface area (Å²) in [5, 5.41) is 10.1. The van der Waals surface area contributed by atoms with Crippen molar-refractivity contribution in [1.82, 2.24) is 25.0 Å². The lowest BCUT2D eigenvalue weighted by Gasteiger charge is -2.35. The predicted octanol–water partition coefficient (Wildman–Crippen LogP) is 0.766. The van der Waals surface area contributed by atoms with E-state index in [2.05, 4.69) is 25.7 Å². The minimum Gasteiger partial charge on any atom is -0.357 e. The second-order valence-corrected chi connectivity index (χ2v) is 7.04. The Morgan fingerprint density at radius 3 is 2.80 bits per heavy atom. The van der Waals surface area contributed by atoms with Gasteiger partial charge in [0, 0.05) is 45.0 Å². The van der Waals surface area contributed by atoms with Gasteiger partial charge in [0.2, 0.25) is 11.8 Å². The van der Waals surface area contributed by atoms with Crippen molar-refractivity contribution < 1.29 is 9.59 Å². The van der Waals surface area contributed by atoms with Crippen molar-refractivity contribution in [2.75, 3.05) is 42.9 Å². The van der Waals surface area contributed by atoms with Crippen LogP contribution < -0.4 is 15.5 Å². The first-order valence-corrected chi connectivity index (χ1v) is 10.0. The molecule has 10 heteroatoms. The lowest BCUT2D eigenvalue weighted by Crippen LogP contribution is -2.55. The van der Waals surface area contributed by atoms with Crippen molar-refractivity contribution >= 4 is 29.3 Å². The van der Waals surface area contributed by atoms with Gasteiger partial charge in [-0.3, -0.25) is 19.3 Å². The van der Waals surface area contributed by atoms with E-state index < -0.39 is 0 Å². The molecule has 30 heavy (non-hydrogen) atoms. The van der Waals surface area contributed by atoms with Crippen LogP contribution in [0.2, 0.25) is 0 Å². The fraction of sp³-hybridized carbons (Fsp3) is 0.450. The van der Waals surface area contributed by atoms with E-state index in [9.17, 15) is 9.59 Å². The van der Waals surface area contributed by atoms with Crippen LogP contribution in [0.25, 0.3) is 0 Å². The van der Waals surface area contributed by atoms with E-state index >= 15 is 0 Å². The molecule has 2 aromatic heterocycles. The van der Waals surface area contributed by atoms with Crippen molar-refractivity contribution in [2.45, 2.75) is 20.3 Å². The Morgan fingerprint density at radius 1 is 1.30 bits per heavy atom. The molecule has 0 unspecified atom stereocenters. The van der Waals surface area contributed by atoms with E-state index in [1.165, 1.54) is 0 Å². The number of nitrogens with zero attached hydrogens (tertiary/aromatic N) is 6. The van der Waals surface area contributed by atoms with Gasteiger partial charge in [0.1, 0.15) is 12.4 Å². The van der Waals surface area contributed by atoms with Crippen molar-refractivity contribution in [3.05, 3.63) is 36.3 Å². The third-order valence-corrected chi connectivity index (χ3v) is 4.61. The standard InChI is InChI=1S/C20H28N8O2/c1-4-21-20(22-9-8-18(29)25-17-7-5-6-15(2)24-17)27-10-11-28(19(30)14-27)16-12-23-26(3)13-16/h5-7,12-13H,4,8-11,14H2,1-3H3,(H,21,22)(H,24,25,29). The number of hydrogen-bond acceptors (Lipinski definition) is 5. The van der Waals surface area contributed by atoms with Crippen LogP contribution in [0, 0.1) is 6.92 Å². The molecule has 1 aliphatic heterocycles. The topological polar surface area (TPSA) is 108 Å². The molecule has 160 valence electrons. The van der Waals surface area contributed by atoms with Gasteiger partial charge in [0.25, 0.3) is 0 Å². The number of carbonyl (C=O) groups excluding carboxylic acids is 2. The summed E-state index contributed by atoms with van der Waals surface area (Å²) in [5.41, 5.74) is 1.64. The molecule has 0 spiro atoms. The largest absolute Gasteiger partial charge is 0.357 e. The summed E-state index contributed by atoms with van der Waals surface area (Å²) in [6, 6.07) is 5.48. The maximum atomic E-state index is 12.6. The van der Waals surface area contributed by atoms with Crippen LogP contribution in [0.4, 0.5) is 11.5 Å². The van der Waals surface area contributed by atoms with E-state index in [0.29, 0.717) is 38.0 Å². The average Bonchev–Trinajstić information content (AvgIpc) is 3.13. The zero-order chi connectivity index (χ0) is 21.5. The smallest absolute Gasteiger partial charge is 0.246 e. The Kier molecular flexibility index (Phi) is 6.99. The van der Waals surface area contributed by atoms with Gasteiger partial charge in [-0.1, -0.05) is 6.07 Å². The Morgan fingerprint density at radius 2 is 2.13 bits per heavy atom. The van der Waals surface area contributed by atoms with Gasteiger partial charge >= 0.3 is 0 Å². The molecule has 0 aromatic carbocycles. The minimum absolute atomic E-state index is 0.0110. The van der Waals surface area contributed by atoms with Crippen LogP contribution in [-0.2, 0) is 16.6 Å². The number of carbonyl (C=O) groups is 2. The number of hydrogen-bond donors (Lipinski definition) is 2. The zero-order valence-electron chi connectivity index (χ0n) is 17.6. The van der Waals surface area contributed by atoms with Gasteiger partial charge in [0.15, 0.2) is 5.96 Å². The normalized spacial score (nSPS) is 14.8. The van der Waals surface area contributed by atoms with Gasteiger partial charge in [-0.05, 0) is 26.0 Å². The molecule has 3 rings (SSSR count). The van der Waals surface area contributed by atoms with Gasteiger partial charge < -0.3 is 20.4 Å². The number of anilines is 2. The Balaban J connectivity index is 1.55. The molecule has 3 heterocycles. The van der Waals surface area contributed by atoms with Crippen LogP contribution in [0.15, 0.2) is 35.6 Å². The van der Waals surface area contributed by atoms with Crippen molar-refractivity contribution in [1.29, 1.82) is 0 Å². The first kappa shape index (κ1) is 21.3. The summed E-state index contributed by atoms with van der Waals surface area (Å²) in [6.45, 7) is 6.25. The van der Waals surface area contributed by atoms with E-state index in [4.69, 9.17) is 0 Å². The number of amides is 2. The molecule has 1 aliphatic rings. The number of aryl methyl sites for hydroxylation is 2. The molecule has 10 nitrogen and oxygen atoms in total. The summed E-state index contributed by atoms with van der Waals surface area (Å²) in [7, 11) is 1.82. The number of piperazine rings is 1. The summed E-state index contributed by atoms with van der Waals surface area (Å²) < 4.78 is 1.68. The molecule has 0 saturated carbocycles. The van der Waals surface area contributed by atoms with Crippen molar-refractivity contribution in [2.24, 2.45) is 12.0 Å². The Hall–Kier alpha value is -3.43. The highest BCUT2D eigenvalue weighted by molar-refractivity contribution is 5.98. The zero-order valence-corrected chi connectivity index (χ0v) is 17.6. The lowest BCUT2D eigenvalue weighted by atomic mass is 10.3. The van der Waals surface area contributed by atoms with Gasteiger partial charge in [-0.25, -0.2) is 4.98 Å². The molecular weight excluding hydrogens is 384 g/mol. The Labute approximate surface area is 176 Å². The molecule has 0 bridgehead atoms. The monoisotopic (exact) mass is 412 g/mol. The van der Waals surface area contributed by atoms with Crippen LogP contribution >= 0.6 is 0 Å². The highest BCUT2D eigenvalue weighted by Gasteiger charge is 2.27. The minimum atomic E-state index is -0.148. The quantitative estimate of drug-likeness (QED) is 0.536. The van der Waals surface area contributed by atoms with Crippen LogP contribution in [0.1, 0.15) is 19.0 Å². The number of pyridine rings is 1. The number of aromatic nitrogens is 3. The first-order valence-electron chi connectivity index (χ1n) is 10.0.